The first kappa shape index (κ1) is 26.2. The van der Waals surface area contributed by atoms with Gasteiger partial charge in [0, 0.05) is 50.0 Å². The van der Waals surface area contributed by atoms with E-state index in [-0.39, 0.29) is 5.91 Å². The van der Waals surface area contributed by atoms with Gasteiger partial charge in [0.2, 0.25) is 0 Å². The Morgan fingerprint density at radius 1 is 0.857 bits per heavy atom. The van der Waals surface area contributed by atoms with Gasteiger partial charge in [-0.1, -0.05) is 30.3 Å². The minimum absolute atomic E-state index is 0.184. The molecule has 188 valence electrons. The minimum Gasteiger partial charge on any atom is -0.473 e. The molecule has 2 heterocycles. The maximum absolute atomic E-state index is 12.9. The average molecular weight is 482 g/mol. The van der Waals surface area contributed by atoms with Crippen LogP contribution in [0, 0.1) is 0 Å². The van der Waals surface area contributed by atoms with Crippen molar-refractivity contribution in [3.63, 3.8) is 0 Å². The molecule has 4 rings (SSSR count). The maximum atomic E-state index is 12.9. The molecule has 2 aliphatic rings. The topological polar surface area (TPSA) is 101 Å². The van der Waals surface area contributed by atoms with Crippen molar-refractivity contribution in [3.8, 4) is 0 Å². The van der Waals surface area contributed by atoms with Gasteiger partial charge in [0.25, 0.3) is 5.91 Å². The number of hydrogen-bond acceptors (Lipinski definition) is 5. The summed E-state index contributed by atoms with van der Waals surface area (Å²) in [6, 6.07) is 19.5. The molecular formula is C27H35N3O5. The van der Waals surface area contributed by atoms with E-state index in [1.807, 2.05) is 17.0 Å². The molecule has 2 aromatic rings. The smallest absolute Gasteiger partial charge is 0.414 e. The molecule has 0 aliphatic carbocycles. The monoisotopic (exact) mass is 481 g/mol. The fourth-order valence-corrected chi connectivity index (χ4v) is 4.62. The molecule has 2 N–H and O–H groups in total. The van der Waals surface area contributed by atoms with E-state index in [0.29, 0.717) is 6.04 Å². The number of likely N-dealkylation sites (N-methyl/N-ethyl adjacent to an activating group) is 1. The van der Waals surface area contributed by atoms with Gasteiger partial charge >= 0.3 is 11.9 Å². The number of benzene rings is 2. The van der Waals surface area contributed by atoms with Crippen LogP contribution in [0.3, 0.4) is 0 Å². The normalized spacial score (nSPS) is 16.1. The first-order valence-electron chi connectivity index (χ1n) is 12.2. The van der Waals surface area contributed by atoms with Gasteiger partial charge in [-0.2, -0.15) is 0 Å². The summed E-state index contributed by atoms with van der Waals surface area (Å²) < 4.78 is 0. The molecule has 2 aromatic carbocycles. The van der Waals surface area contributed by atoms with E-state index in [1.54, 1.807) is 0 Å². The molecule has 0 spiro atoms. The molecule has 0 atom stereocenters. The molecule has 0 unspecified atom stereocenters. The van der Waals surface area contributed by atoms with Gasteiger partial charge in [-0.05, 0) is 69.0 Å². The molecule has 0 aromatic heterocycles. The molecule has 2 saturated heterocycles. The summed E-state index contributed by atoms with van der Waals surface area (Å²) >= 11 is 0. The van der Waals surface area contributed by atoms with E-state index in [2.05, 4.69) is 59.3 Å². The molecule has 8 nitrogen and oxygen atoms in total. The van der Waals surface area contributed by atoms with E-state index < -0.39 is 11.9 Å². The number of carboxylic acid groups (broad SMARTS) is 2. The van der Waals surface area contributed by atoms with Crippen LogP contribution in [0.2, 0.25) is 0 Å². The van der Waals surface area contributed by atoms with Gasteiger partial charge in [-0.15, -0.1) is 0 Å². The van der Waals surface area contributed by atoms with Gasteiger partial charge < -0.3 is 24.9 Å². The van der Waals surface area contributed by atoms with Gasteiger partial charge in [0.15, 0.2) is 0 Å². The van der Waals surface area contributed by atoms with E-state index >= 15 is 0 Å². The fraction of sp³-hybridized carbons (Fsp3) is 0.444. The van der Waals surface area contributed by atoms with Crippen LogP contribution in [0.4, 0.5) is 5.69 Å². The highest BCUT2D eigenvalue weighted by molar-refractivity contribution is 6.27. The quantitative estimate of drug-likeness (QED) is 0.611. The lowest BCUT2D eigenvalue weighted by molar-refractivity contribution is -0.159. The largest absolute Gasteiger partial charge is 0.473 e. The third-order valence-corrected chi connectivity index (χ3v) is 6.74. The highest BCUT2D eigenvalue weighted by atomic mass is 16.4. The molecule has 8 heteroatoms. The lowest BCUT2D eigenvalue weighted by Gasteiger charge is -2.37. The molecular weight excluding hydrogens is 446 g/mol. The average Bonchev–Trinajstić information content (AvgIpc) is 3.43. The molecule has 2 fully saturated rings. The van der Waals surface area contributed by atoms with Crippen LogP contribution in [-0.2, 0) is 16.0 Å². The van der Waals surface area contributed by atoms with Crippen LogP contribution in [-0.4, -0.2) is 83.7 Å². The van der Waals surface area contributed by atoms with Gasteiger partial charge in [0.05, 0.1) is 0 Å². The van der Waals surface area contributed by atoms with Gasteiger partial charge in [0.1, 0.15) is 0 Å². The standard InChI is InChI=1S/C25H33N3O.C2H2O4/c1-26(18-13-21-7-3-2-4-8-21)23-14-19-28(20-15-23)25(29)22-9-11-24(12-10-22)27-16-5-6-17-27;3-1(4)2(5)6/h2-4,7-12,23H,5-6,13-20H2,1H3;(H,3,4)(H,5,6). The number of rotatable bonds is 6. The molecule has 35 heavy (non-hydrogen) atoms. The number of amides is 1. The fourth-order valence-electron chi connectivity index (χ4n) is 4.62. The van der Waals surface area contributed by atoms with Crippen molar-refractivity contribution in [2.24, 2.45) is 0 Å². The van der Waals surface area contributed by atoms with Crippen molar-refractivity contribution < 1.29 is 24.6 Å². The summed E-state index contributed by atoms with van der Waals surface area (Å²) in [7, 11) is 2.22. The predicted octanol–water partition coefficient (Wildman–Crippen LogP) is 3.22. The minimum atomic E-state index is -1.82. The first-order chi connectivity index (χ1) is 16.8. The first-order valence-corrected chi connectivity index (χ1v) is 12.2. The van der Waals surface area contributed by atoms with Crippen LogP contribution in [0.5, 0.6) is 0 Å². The lowest BCUT2D eigenvalue weighted by Crippen LogP contribution is -2.46. The van der Waals surface area contributed by atoms with Crippen LogP contribution in [0.1, 0.15) is 41.6 Å². The summed E-state index contributed by atoms with van der Waals surface area (Å²) in [6.07, 6.45) is 5.75. The number of carbonyl (C=O) groups is 3. The van der Waals surface area contributed by atoms with Crippen LogP contribution in [0.25, 0.3) is 0 Å². The van der Waals surface area contributed by atoms with E-state index in [4.69, 9.17) is 19.8 Å². The Morgan fingerprint density at radius 2 is 1.43 bits per heavy atom. The second kappa shape index (κ2) is 12.9. The van der Waals surface area contributed by atoms with Gasteiger partial charge in [-0.25, -0.2) is 9.59 Å². The number of carboxylic acids is 2. The Kier molecular flexibility index (Phi) is 9.66. The zero-order chi connectivity index (χ0) is 25.2. The highest BCUT2D eigenvalue weighted by Gasteiger charge is 2.26. The van der Waals surface area contributed by atoms with Crippen molar-refractivity contribution in [2.45, 2.75) is 38.1 Å². The van der Waals surface area contributed by atoms with Gasteiger partial charge in [-0.3, -0.25) is 4.79 Å². The Hall–Kier alpha value is -3.39. The van der Waals surface area contributed by atoms with Crippen molar-refractivity contribution in [1.29, 1.82) is 0 Å². The third-order valence-electron chi connectivity index (χ3n) is 6.74. The SMILES string of the molecule is CN(CCc1ccccc1)C1CCN(C(=O)c2ccc(N3CCCC3)cc2)CC1.O=C(O)C(=O)O. The van der Waals surface area contributed by atoms with E-state index in [9.17, 15) is 4.79 Å². The van der Waals surface area contributed by atoms with E-state index in [0.717, 1.165) is 57.5 Å². The highest BCUT2D eigenvalue weighted by Crippen LogP contribution is 2.22. The zero-order valence-electron chi connectivity index (χ0n) is 20.3. The van der Waals surface area contributed by atoms with Crippen LogP contribution >= 0.6 is 0 Å². The Labute approximate surface area is 206 Å². The van der Waals surface area contributed by atoms with Crippen molar-refractivity contribution >= 4 is 23.5 Å². The summed E-state index contributed by atoms with van der Waals surface area (Å²) in [5.74, 6) is -3.46. The summed E-state index contributed by atoms with van der Waals surface area (Å²) in [5, 5.41) is 14.8. The van der Waals surface area contributed by atoms with E-state index in [1.165, 1.54) is 24.1 Å². The Morgan fingerprint density at radius 3 is 1.97 bits per heavy atom. The van der Waals surface area contributed by atoms with Crippen molar-refractivity contribution in [3.05, 3.63) is 65.7 Å². The van der Waals surface area contributed by atoms with Crippen molar-refractivity contribution in [1.82, 2.24) is 9.80 Å². The molecule has 0 saturated carbocycles. The molecule has 0 bridgehead atoms. The second-order valence-electron chi connectivity index (χ2n) is 9.09. The number of likely N-dealkylation sites (tertiary alicyclic amines) is 1. The third kappa shape index (κ3) is 7.82. The van der Waals surface area contributed by atoms with Crippen molar-refractivity contribution in [2.75, 3.05) is 44.7 Å². The maximum Gasteiger partial charge on any atom is 0.414 e. The Bertz CT molecular complexity index is 954. The number of nitrogens with zero attached hydrogens (tertiary/aromatic N) is 3. The number of hydrogen-bond donors (Lipinski definition) is 2. The number of aliphatic carboxylic acids is 2. The molecule has 1 amide bonds. The Balaban J connectivity index is 0.000000509. The van der Waals surface area contributed by atoms with Crippen LogP contribution in [0.15, 0.2) is 54.6 Å². The molecule has 2 aliphatic heterocycles. The lowest BCUT2D eigenvalue weighted by atomic mass is 10.0. The zero-order valence-corrected chi connectivity index (χ0v) is 20.3. The predicted molar refractivity (Wildman–Crippen MR) is 135 cm³/mol. The van der Waals surface area contributed by atoms with Crippen LogP contribution < -0.4 is 4.90 Å². The number of carbonyl (C=O) groups excluding carboxylic acids is 1. The number of anilines is 1. The molecule has 0 radical (unpaired) electrons. The summed E-state index contributed by atoms with van der Waals surface area (Å²) in [6.45, 7) is 5.05. The second-order valence-corrected chi connectivity index (χ2v) is 9.09. The summed E-state index contributed by atoms with van der Waals surface area (Å²) in [5.41, 5.74) is 3.46. The number of piperidine rings is 1. The summed E-state index contributed by atoms with van der Waals surface area (Å²) in [4.78, 5) is 38.0.